The molecule has 0 saturated carbocycles. The summed E-state index contributed by atoms with van der Waals surface area (Å²) in [5.74, 6) is 0.237. The van der Waals surface area contributed by atoms with Crippen LogP contribution in [0.3, 0.4) is 0 Å². The quantitative estimate of drug-likeness (QED) is 0.911. The second-order valence-electron chi connectivity index (χ2n) is 6.44. The molecule has 1 aromatic carbocycles. The van der Waals surface area contributed by atoms with Crippen LogP contribution in [0.5, 0.6) is 0 Å². The third-order valence-corrected chi connectivity index (χ3v) is 5.32. The molecule has 21 heavy (non-hydrogen) atoms. The predicted octanol–water partition coefficient (Wildman–Crippen LogP) is 2.87. The number of carbonyl (C=O) groups excluding carboxylic acids is 1. The summed E-state index contributed by atoms with van der Waals surface area (Å²) in [5, 5.41) is 4.14. The number of nitrogens with one attached hydrogen (secondary N) is 1. The lowest BCUT2D eigenvalue weighted by Crippen LogP contribution is -2.47. The number of halogens is 1. The van der Waals surface area contributed by atoms with Gasteiger partial charge in [0.15, 0.2) is 0 Å². The molecule has 0 atom stereocenters. The summed E-state index contributed by atoms with van der Waals surface area (Å²) in [6.45, 7) is 4.10. The Bertz CT molecular complexity index is 501. The van der Waals surface area contributed by atoms with E-state index in [0.29, 0.717) is 16.9 Å². The normalized spacial score (nSPS) is 21.5. The van der Waals surface area contributed by atoms with Crippen molar-refractivity contribution in [3.05, 3.63) is 34.9 Å². The molecule has 0 bridgehead atoms. The Morgan fingerprint density at radius 2 is 1.90 bits per heavy atom. The van der Waals surface area contributed by atoms with Gasteiger partial charge in [-0.3, -0.25) is 4.79 Å². The molecule has 2 aliphatic heterocycles. The number of carbonyl (C=O) groups is 1. The molecule has 3 rings (SSSR count). The highest BCUT2D eigenvalue weighted by Crippen LogP contribution is 2.39. The van der Waals surface area contributed by atoms with Crippen LogP contribution >= 0.6 is 11.6 Å². The highest BCUT2D eigenvalue weighted by atomic mass is 35.5. The number of nitrogens with zero attached hydrogens (tertiary/aromatic N) is 1. The van der Waals surface area contributed by atoms with Crippen molar-refractivity contribution in [1.82, 2.24) is 10.2 Å². The van der Waals surface area contributed by atoms with E-state index >= 15 is 0 Å². The molecule has 0 radical (unpaired) electrons. The van der Waals surface area contributed by atoms with Gasteiger partial charge in [0.2, 0.25) is 5.91 Å². The van der Waals surface area contributed by atoms with E-state index in [1.165, 1.54) is 12.8 Å². The van der Waals surface area contributed by atoms with E-state index in [1.807, 2.05) is 29.2 Å². The second-order valence-corrected chi connectivity index (χ2v) is 6.87. The second kappa shape index (κ2) is 6.37. The standard InChI is InChI=1S/C17H23ClN2O/c18-15-3-1-2-14(12-15)13-16(21)20-10-6-17(7-11-20)4-8-19-9-5-17/h1-3,12,19H,4-11,13H2. The van der Waals surface area contributed by atoms with Gasteiger partial charge in [-0.15, -0.1) is 0 Å². The van der Waals surface area contributed by atoms with Gasteiger partial charge in [-0.2, -0.15) is 0 Å². The molecule has 2 aliphatic rings. The van der Waals surface area contributed by atoms with Crippen molar-refractivity contribution in [3.8, 4) is 0 Å². The van der Waals surface area contributed by atoms with Crippen LogP contribution in [-0.2, 0) is 11.2 Å². The lowest BCUT2D eigenvalue weighted by atomic mass is 9.71. The molecular weight excluding hydrogens is 284 g/mol. The van der Waals surface area contributed by atoms with E-state index in [9.17, 15) is 4.79 Å². The Morgan fingerprint density at radius 1 is 1.19 bits per heavy atom. The minimum absolute atomic E-state index is 0.237. The molecule has 1 N–H and O–H groups in total. The first-order chi connectivity index (χ1) is 10.2. The van der Waals surface area contributed by atoms with E-state index in [0.717, 1.165) is 44.6 Å². The molecule has 0 aliphatic carbocycles. The number of amides is 1. The van der Waals surface area contributed by atoms with Gasteiger partial charge < -0.3 is 10.2 Å². The van der Waals surface area contributed by atoms with Crippen LogP contribution in [0.2, 0.25) is 5.02 Å². The van der Waals surface area contributed by atoms with E-state index in [2.05, 4.69) is 5.32 Å². The van der Waals surface area contributed by atoms with Crippen LogP contribution in [0.1, 0.15) is 31.2 Å². The maximum atomic E-state index is 12.4. The Hall–Kier alpha value is -1.06. The van der Waals surface area contributed by atoms with Gasteiger partial charge >= 0.3 is 0 Å². The van der Waals surface area contributed by atoms with Crippen LogP contribution in [0.15, 0.2) is 24.3 Å². The molecule has 0 aromatic heterocycles. The molecule has 3 nitrogen and oxygen atoms in total. The van der Waals surface area contributed by atoms with Crippen molar-refractivity contribution in [3.63, 3.8) is 0 Å². The summed E-state index contributed by atoms with van der Waals surface area (Å²) < 4.78 is 0. The van der Waals surface area contributed by atoms with Crippen LogP contribution in [0, 0.1) is 5.41 Å². The van der Waals surface area contributed by atoms with Crippen LogP contribution in [-0.4, -0.2) is 37.0 Å². The average Bonchev–Trinajstić information content (AvgIpc) is 2.49. The number of benzene rings is 1. The lowest BCUT2D eigenvalue weighted by molar-refractivity contribution is -0.133. The molecule has 4 heteroatoms. The van der Waals surface area contributed by atoms with Gasteiger partial charge in [0.1, 0.15) is 0 Å². The van der Waals surface area contributed by atoms with E-state index in [1.54, 1.807) is 0 Å². The molecule has 2 heterocycles. The summed E-state index contributed by atoms with van der Waals surface area (Å²) in [5.41, 5.74) is 1.51. The molecule has 114 valence electrons. The molecule has 1 amide bonds. The lowest BCUT2D eigenvalue weighted by Gasteiger charge is -2.44. The number of likely N-dealkylation sites (tertiary alicyclic amines) is 1. The molecule has 2 fully saturated rings. The van der Waals surface area contributed by atoms with Crippen LogP contribution in [0.4, 0.5) is 0 Å². The molecular formula is C17H23ClN2O. The number of piperidine rings is 2. The third-order valence-electron chi connectivity index (χ3n) is 5.09. The zero-order chi connectivity index (χ0) is 14.7. The fourth-order valence-corrected chi connectivity index (χ4v) is 3.83. The van der Waals surface area contributed by atoms with Crippen molar-refractivity contribution < 1.29 is 4.79 Å². The number of hydrogen-bond donors (Lipinski definition) is 1. The molecule has 1 aromatic rings. The van der Waals surface area contributed by atoms with Gasteiger partial charge in [0.25, 0.3) is 0 Å². The Morgan fingerprint density at radius 3 is 2.57 bits per heavy atom. The first-order valence-corrected chi connectivity index (χ1v) is 8.28. The number of hydrogen-bond acceptors (Lipinski definition) is 2. The molecule has 0 unspecified atom stereocenters. The molecule has 2 saturated heterocycles. The van der Waals surface area contributed by atoms with Gasteiger partial charge in [0, 0.05) is 18.1 Å². The van der Waals surface area contributed by atoms with Crippen molar-refractivity contribution >= 4 is 17.5 Å². The van der Waals surface area contributed by atoms with Crippen LogP contribution in [0.25, 0.3) is 0 Å². The largest absolute Gasteiger partial charge is 0.342 e. The zero-order valence-electron chi connectivity index (χ0n) is 12.4. The van der Waals surface area contributed by atoms with E-state index in [-0.39, 0.29) is 5.91 Å². The highest BCUT2D eigenvalue weighted by molar-refractivity contribution is 6.30. The topological polar surface area (TPSA) is 32.3 Å². The molecule has 1 spiro atoms. The first-order valence-electron chi connectivity index (χ1n) is 7.90. The summed E-state index contributed by atoms with van der Waals surface area (Å²) in [6, 6.07) is 7.61. The Labute approximate surface area is 131 Å². The zero-order valence-corrected chi connectivity index (χ0v) is 13.2. The highest BCUT2D eigenvalue weighted by Gasteiger charge is 2.36. The van der Waals surface area contributed by atoms with Crippen molar-refractivity contribution in [2.75, 3.05) is 26.2 Å². The van der Waals surface area contributed by atoms with Crippen molar-refractivity contribution in [2.45, 2.75) is 32.1 Å². The van der Waals surface area contributed by atoms with Gasteiger partial charge in [-0.1, -0.05) is 23.7 Å². The van der Waals surface area contributed by atoms with Crippen molar-refractivity contribution in [1.29, 1.82) is 0 Å². The maximum absolute atomic E-state index is 12.4. The minimum atomic E-state index is 0.237. The SMILES string of the molecule is O=C(Cc1cccc(Cl)c1)N1CCC2(CCNCC2)CC1. The first kappa shape index (κ1) is 14.9. The monoisotopic (exact) mass is 306 g/mol. The number of rotatable bonds is 2. The minimum Gasteiger partial charge on any atom is -0.342 e. The Kier molecular flexibility index (Phi) is 4.51. The summed E-state index contributed by atoms with van der Waals surface area (Å²) in [7, 11) is 0. The Balaban J connectivity index is 1.55. The smallest absolute Gasteiger partial charge is 0.226 e. The summed E-state index contributed by atoms with van der Waals surface area (Å²) in [4.78, 5) is 14.5. The fraction of sp³-hybridized carbons (Fsp3) is 0.588. The van der Waals surface area contributed by atoms with E-state index in [4.69, 9.17) is 11.6 Å². The van der Waals surface area contributed by atoms with Gasteiger partial charge in [-0.05, 0) is 61.9 Å². The maximum Gasteiger partial charge on any atom is 0.226 e. The van der Waals surface area contributed by atoms with Crippen LogP contribution < -0.4 is 5.32 Å². The summed E-state index contributed by atoms with van der Waals surface area (Å²) in [6.07, 6.45) is 5.33. The third kappa shape index (κ3) is 3.58. The van der Waals surface area contributed by atoms with Gasteiger partial charge in [-0.25, -0.2) is 0 Å². The predicted molar refractivity (Wildman–Crippen MR) is 85.5 cm³/mol. The summed E-state index contributed by atoms with van der Waals surface area (Å²) >= 11 is 5.98. The average molecular weight is 307 g/mol. The fourth-order valence-electron chi connectivity index (χ4n) is 3.62. The van der Waals surface area contributed by atoms with E-state index < -0.39 is 0 Å². The van der Waals surface area contributed by atoms with Gasteiger partial charge in [0.05, 0.1) is 6.42 Å². The van der Waals surface area contributed by atoms with Crippen molar-refractivity contribution in [2.24, 2.45) is 5.41 Å².